The predicted octanol–water partition coefficient (Wildman–Crippen LogP) is 2.72. The molecule has 0 radical (unpaired) electrons. The molecule has 1 fully saturated rings. The van der Waals surface area contributed by atoms with Gasteiger partial charge in [-0.1, -0.05) is 6.92 Å². The lowest BCUT2D eigenvalue weighted by Gasteiger charge is -2.28. The number of nitrogens with zero attached hydrogens (tertiary/aromatic N) is 2. The highest BCUT2D eigenvalue weighted by Crippen LogP contribution is 2.27. The smallest absolute Gasteiger partial charge is 0.228 e. The second-order valence-corrected chi connectivity index (χ2v) is 5.93. The first-order chi connectivity index (χ1) is 10.6. The zero-order chi connectivity index (χ0) is 15.7. The minimum atomic E-state index is -0.0101. The Hall–Kier alpha value is -1.95. The van der Waals surface area contributed by atoms with Crippen molar-refractivity contribution in [3.63, 3.8) is 0 Å². The number of hydrogen-bond acceptors (Lipinski definition) is 4. The molecule has 0 bridgehead atoms. The third-order valence-electron chi connectivity index (χ3n) is 4.53. The summed E-state index contributed by atoms with van der Waals surface area (Å²) in [7, 11) is 0. The van der Waals surface area contributed by atoms with E-state index < -0.39 is 0 Å². The lowest BCUT2D eigenvalue weighted by molar-refractivity contribution is -0.124. The second-order valence-electron chi connectivity index (χ2n) is 5.93. The number of hydrogen-bond donors (Lipinski definition) is 2. The molecule has 1 amide bonds. The number of ether oxygens (including phenoxy) is 1. The summed E-state index contributed by atoms with van der Waals surface area (Å²) in [6.07, 6.45) is 4.15. The van der Waals surface area contributed by atoms with E-state index in [0.29, 0.717) is 12.4 Å². The fourth-order valence-corrected chi connectivity index (χ4v) is 3.01. The van der Waals surface area contributed by atoms with Crippen molar-refractivity contribution >= 4 is 22.8 Å². The van der Waals surface area contributed by atoms with Crippen molar-refractivity contribution in [3.8, 4) is 0 Å². The Balaban J connectivity index is 1.82. The number of rotatable bonds is 3. The van der Waals surface area contributed by atoms with Gasteiger partial charge in [0.25, 0.3) is 0 Å². The third kappa shape index (κ3) is 2.70. The van der Waals surface area contributed by atoms with Crippen LogP contribution in [0.4, 0.5) is 5.82 Å². The summed E-state index contributed by atoms with van der Waals surface area (Å²) in [6.45, 7) is 6.74. The summed E-state index contributed by atoms with van der Waals surface area (Å²) in [5, 5.41) is 3.88. The van der Waals surface area contributed by atoms with Crippen molar-refractivity contribution < 1.29 is 9.53 Å². The average molecular weight is 302 g/mol. The Labute approximate surface area is 129 Å². The van der Waals surface area contributed by atoms with E-state index in [1.807, 2.05) is 13.8 Å². The zero-order valence-electron chi connectivity index (χ0n) is 13.3. The molecule has 1 aliphatic heterocycles. The molecule has 22 heavy (non-hydrogen) atoms. The molecule has 2 aromatic heterocycles. The lowest BCUT2D eigenvalue weighted by atomic mass is 9.93. The van der Waals surface area contributed by atoms with Crippen LogP contribution in [0.15, 0.2) is 6.33 Å². The monoisotopic (exact) mass is 302 g/mol. The van der Waals surface area contributed by atoms with Gasteiger partial charge in [-0.25, -0.2) is 9.97 Å². The van der Waals surface area contributed by atoms with Gasteiger partial charge in [0.15, 0.2) is 0 Å². The van der Waals surface area contributed by atoms with Crippen LogP contribution in [0.1, 0.15) is 37.4 Å². The van der Waals surface area contributed by atoms with Gasteiger partial charge in [-0.3, -0.25) is 4.79 Å². The Kier molecular flexibility index (Phi) is 4.11. The van der Waals surface area contributed by atoms with Crippen LogP contribution in [0, 0.1) is 19.8 Å². The van der Waals surface area contributed by atoms with E-state index in [0.717, 1.165) is 41.6 Å². The van der Waals surface area contributed by atoms with Crippen LogP contribution < -0.4 is 5.32 Å². The summed E-state index contributed by atoms with van der Waals surface area (Å²) in [5.74, 6) is 0.612. The number of carbonyl (C=O) groups is 1. The highest BCUT2D eigenvalue weighted by molar-refractivity contribution is 6.01. The van der Waals surface area contributed by atoms with Gasteiger partial charge in [0, 0.05) is 18.2 Å². The Morgan fingerprint density at radius 2 is 2.27 bits per heavy atom. The summed E-state index contributed by atoms with van der Waals surface area (Å²) >= 11 is 0. The number of fused-ring (bicyclic) bond motifs is 1. The number of aryl methyl sites for hydroxylation is 2. The molecule has 0 aliphatic carbocycles. The first kappa shape index (κ1) is 15.0. The number of carbonyl (C=O) groups excluding carboxylic acids is 1. The molecule has 6 heteroatoms. The number of nitrogens with one attached hydrogen (secondary N) is 2. The summed E-state index contributed by atoms with van der Waals surface area (Å²) in [5.41, 5.74) is 2.88. The van der Waals surface area contributed by atoms with Crippen molar-refractivity contribution in [2.24, 2.45) is 5.92 Å². The van der Waals surface area contributed by atoms with E-state index in [1.165, 1.54) is 6.33 Å². The maximum absolute atomic E-state index is 12.6. The first-order valence-electron chi connectivity index (χ1n) is 7.82. The molecule has 118 valence electrons. The lowest BCUT2D eigenvalue weighted by Crippen LogP contribution is -2.33. The van der Waals surface area contributed by atoms with Crippen molar-refractivity contribution in [1.82, 2.24) is 15.0 Å². The molecule has 2 N–H and O–H groups in total. The van der Waals surface area contributed by atoms with Gasteiger partial charge in [-0.05, 0) is 38.7 Å². The van der Waals surface area contributed by atoms with Crippen molar-refractivity contribution in [2.75, 3.05) is 11.9 Å². The SMILES string of the molecule is CC[C@H]1C[C@@H](C(=O)Nc2ncnc3[nH]c(C)c(C)c23)CCO1. The first-order valence-corrected chi connectivity index (χ1v) is 7.82. The second kappa shape index (κ2) is 6.04. The van der Waals surface area contributed by atoms with E-state index in [2.05, 4.69) is 27.2 Å². The summed E-state index contributed by atoms with van der Waals surface area (Å²) in [6, 6.07) is 0. The van der Waals surface area contributed by atoms with Crippen LogP contribution >= 0.6 is 0 Å². The van der Waals surface area contributed by atoms with E-state index in [1.54, 1.807) is 0 Å². The Morgan fingerprint density at radius 3 is 3.05 bits per heavy atom. The molecule has 0 unspecified atom stereocenters. The van der Waals surface area contributed by atoms with Crippen LogP contribution in [0.5, 0.6) is 0 Å². The van der Waals surface area contributed by atoms with E-state index in [-0.39, 0.29) is 17.9 Å². The quantitative estimate of drug-likeness (QED) is 0.913. The van der Waals surface area contributed by atoms with Crippen molar-refractivity contribution in [3.05, 3.63) is 17.6 Å². The van der Waals surface area contributed by atoms with Crippen LogP contribution in [0.3, 0.4) is 0 Å². The molecule has 0 saturated carbocycles. The normalized spacial score (nSPS) is 22.0. The topological polar surface area (TPSA) is 79.9 Å². The number of H-pyrrole nitrogens is 1. The van der Waals surface area contributed by atoms with E-state index in [4.69, 9.17) is 4.74 Å². The van der Waals surface area contributed by atoms with Gasteiger partial charge in [-0.2, -0.15) is 0 Å². The molecule has 3 heterocycles. The highest BCUT2D eigenvalue weighted by atomic mass is 16.5. The third-order valence-corrected chi connectivity index (χ3v) is 4.53. The average Bonchev–Trinajstić information content (AvgIpc) is 2.83. The molecule has 1 aliphatic rings. The minimum absolute atomic E-state index is 0.0101. The Bertz CT molecular complexity index is 695. The fourth-order valence-electron chi connectivity index (χ4n) is 3.01. The van der Waals surface area contributed by atoms with Crippen LogP contribution in [-0.2, 0) is 9.53 Å². The molecule has 2 aromatic rings. The van der Waals surface area contributed by atoms with Crippen LogP contribution in [0.2, 0.25) is 0 Å². The van der Waals surface area contributed by atoms with Crippen molar-refractivity contribution in [2.45, 2.75) is 46.1 Å². The highest BCUT2D eigenvalue weighted by Gasteiger charge is 2.27. The number of anilines is 1. The molecule has 1 saturated heterocycles. The van der Waals surface area contributed by atoms with E-state index >= 15 is 0 Å². The number of aromatic amines is 1. The molecular formula is C16H22N4O2. The zero-order valence-corrected chi connectivity index (χ0v) is 13.3. The molecule has 6 nitrogen and oxygen atoms in total. The maximum Gasteiger partial charge on any atom is 0.228 e. The fraction of sp³-hybridized carbons (Fsp3) is 0.562. The minimum Gasteiger partial charge on any atom is -0.378 e. The largest absolute Gasteiger partial charge is 0.378 e. The van der Waals surface area contributed by atoms with Gasteiger partial charge < -0.3 is 15.0 Å². The van der Waals surface area contributed by atoms with Gasteiger partial charge in [0.2, 0.25) is 5.91 Å². The standard InChI is InChI=1S/C16H22N4O2/c1-4-12-7-11(5-6-22-12)16(21)20-15-13-9(2)10(3)19-14(13)17-8-18-15/h8,11-12H,4-7H2,1-3H3,(H2,17,18,19,20,21)/t11-,12-/m0/s1. The summed E-state index contributed by atoms with van der Waals surface area (Å²) < 4.78 is 5.64. The molecular weight excluding hydrogens is 280 g/mol. The molecule has 2 atom stereocenters. The van der Waals surface area contributed by atoms with E-state index in [9.17, 15) is 4.79 Å². The summed E-state index contributed by atoms with van der Waals surface area (Å²) in [4.78, 5) is 24.3. The van der Waals surface area contributed by atoms with Crippen molar-refractivity contribution in [1.29, 1.82) is 0 Å². The molecule has 3 rings (SSSR count). The van der Waals surface area contributed by atoms with Gasteiger partial charge in [-0.15, -0.1) is 0 Å². The van der Waals surface area contributed by atoms with Gasteiger partial charge in [0.05, 0.1) is 11.5 Å². The molecule has 0 spiro atoms. The predicted molar refractivity (Wildman–Crippen MR) is 84.7 cm³/mol. The van der Waals surface area contributed by atoms with Gasteiger partial charge in [0.1, 0.15) is 17.8 Å². The van der Waals surface area contributed by atoms with Crippen LogP contribution in [-0.4, -0.2) is 33.6 Å². The van der Waals surface area contributed by atoms with Crippen LogP contribution in [0.25, 0.3) is 11.0 Å². The number of aromatic nitrogens is 3. The number of amides is 1. The molecule has 0 aromatic carbocycles. The Morgan fingerprint density at radius 1 is 1.45 bits per heavy atom. The maximum atomic E-state index is 12.6. The van der Waals surface area contributed by atoms with Gasteiger partial charge >= 0.3 is 0 Å².